The smallest absolute Gasteiger partial charge is 0.260 e. The summed E-state index contributed by atoms with van der Waals surface area (Å²) in [4.78, 5) is 25.8. The minimum Gasteiger partial charge on any atom is -0.384 e. The van der Waals surface area contributed by atoms with Gasteiger partial charge in [-0.1, -0.05) is 42.5 Å². The van der Waals surface area contributed by atoms with E-state index in [1.807, 2.05) is 30.3 Å². The molecule has 0 saturated heterocycles. The molecule has 31 heavy (non-hydrogen) atoms. The summed E-state index contributed by atoms with van der Waals surface area (Å²) in [6, 6.07) is 20.5. The third-order valence-corrected chi connectivity index (χ3v) is 5.57. The number of hydrogen-bond donors (Lipinski definition) is 2. The zero-order valence-electron chi connectivity index (χ0n) is 16.6. The van der Waals surface area contributed by atoms with E-state index in [9.17, 15) is 14.0 Å². The second-order valence-corrected chi connectivity index (χ2v) is 7.76. The predicted octanol–water partition coefficient (Wildman–Crippen LogP) is 4.98. The zero-order chi connectivity index (χ0) is 21.5. The summed E-state index contributed by atoms with van der Waals surface area (Å²) >= 11 is 0. The molecule has 0 radical (unpaired) electrons. The van der Waals surface area contributed by atoms with Crippen molar-refractivity contribution in [3.8, 4) is 11.1 Å². The number of rotatable bonds is 4. The van der Waals surface area contributed by atoms with E-state index in [4.69, 9.17) is 5.73 Å². The molecular formula is C25H20FN3O2. The van der Waals surface area contributed by atoms with Crippen LogP contribution in [0.4, 0.5) is 15.9 Å². The van der Waals surface area contributed by atoms with Gasteiger partial charge in [0.1, 0.15) is 11.6 Å². The van der Waals surface area contributed by atoms with E-state index >= 15 is 0 Å². The third-order valence-electron chi connectivity index (χ3n) is 5.57. The molecule has 0 spiro atoms. The molecule has 1 aliphatic rings. The molecule has 5 rings (SSSR count). The lowest BCUT2D eigenvalue weighted by molar-refractivity contribution is 0.102. The highest BCUT2D eigenvalue weighted by Crippen LogP contribution is 2.40. The van der Waals surface area contributed by atoms with Crippen LogP contribution in [-0.2, 0) is 0 Å². The number of nitrogens with zero attached hydrogens (tertiary/aromatic N) is 1. The molecule has 6 heteroatoms. The molecule has 3 aromatic carbocycles. The number of nitrogens with one attached hydrogen (secondary N) is 1. The Hall–Kier alpha value is -3.93. The first-order chi connectivity index (χ1) is 15.0. The Morgan fingerprint density at radius 3 is 2.45 bits per heavy atom. The molecule has 1 amide bonds. The van der Waals surface area contributed by atoms with Gasteiger partial charge in [0.05, 0.1) is 5.39 Å². The van der Waals surface area contributed by atoms with Gasteiger partial charge in [0.2, 0.25) is 0 Å². The fraction of sp³-hybridized carbons (Fsp3) is 0.120. The van der Waals surface area contributed by atoms with Crippen molar-refractivity contribution in [2.24, 2.45) is 0 Å². The van der Waals surface area contributed by atoms with Crippen molar-refractivity contribution in [3.63, 3.8) is 0 Å². The minimum atomic E-state index is -0.485. The van der Waals surface area contributed by atoms with Crippen LogP contribution in [0.1, 0.15) is 29.2 Å². The van der Waals surface area contributed by atoms with Gasteiger partial charge in [-0.3, -0.25) is 14.2 Å². The van der Waals surface area contributed by atoms with E-state index in [0.717, 1.165) is 29.4 Å². The van der Waals surface area contributed by atoms with Crippen LogP contribution in [-0.4, -0.2) is 10.5 Å². The molecule has 0 aliphatic heterocycles. The number of anilines is 2. The van der Waals surface area contributed by atoms with Gasteiger partial charge >= 0.3 is 0 Å². The molecule has 5 nitrogen and oxygen atoms in total. The lowest BCUT2D eigenvalue weighted by Crippen LogP contribution is -2.23. The third kappa shape index (κ3) is 3.46. The van der Waals surface area contributed by atoms with Gasteiger partial charge in [0.25, 0.3) is 11.5 Å². The zero-order valence-corrected chi connectivity index (χ0v) is 16.6. The number of nitrogens with two attached hydrogens (primary N) is 1. The number of hydrogen-bond acceptors (Lipinski definition) is 3. The van der Waals surface area contributed by atoms with Crippen molar-refractivity contribution < 1.29 is 9.18 Å². The minimum absolute atomic E-state index is 0.102. The average Bonchev–Trinajstić information content (AvgIpc) is 3.60. The standard InChI is InChI=1S/C25H20FN3O2/c26-17-8-4-7-16(13-17)24(30)28-18-9-12-20-21(14-18)25(31)29(19-10-11-19)23(27)22(20)15-5-2-1-3-6-15/h1-9,12-14,19H,10-11,27H2,(H,28,30). The quantitative estimate of drug-likeness (QED) is 0.496. The Bertz CT molecular complexity index is 1380. The second-order valence-electron chi connectivity index (χ2n) is 7.76. The number of aromatic nitrogens is 1. The van der Waals surface area contributed by atoms with Crippen LogP contribution in [0, 0.1) is 5.82 Å². The number of carbonyl (C=O) groups excluding carboxylic acids is 1. The molecule has 0 bridgehead atoms. The molecule has 0 atom stereocenters. The molecule has 1 aromatic heterocycles. The average molecular weight is 413 g/mol. The molecule has 1 fully saturated rings. The number of halogens is 1. The van der Waals surface area contributed by atoms with Gasteiger partial charge in [-0.25, -0.2) is 4.39 Å². The normalized spacial score (nSPS) is 13.3. The summed E-state index contributed by atoms with van der Waals surface area (Å²) in [6.45, 7) is 0. The van der Waals surface area contributed by atoms with Gasteiger partial charge in [-0.15, -0.1) is 0 Å². The Morgan fingerprint density at radius 2 is 1.74 bits per heavy atom. The number of benzene rings is 3. The van der Waals surface area contributed by atoms with E-state index in [2.05, 4.69) is 5.32 Å². The molecule has 1 heterocycles. The molecule has 0 unspecified atom stereocenters. The maximum atomic E-state index is 13.5. The number of carbonyl (C=O) groups is 1. The first-order valence-corrected chi connectivity index (χ1v) is 10.1. The van der Waals surface area contributed by atoms with Crippen LogP contribution in [0.15, 0.2) is 77.6 Å². The fourth-order valence-corrected chi connectivity index (χ4v) is 3.95. The molecule has 154 valence electrons. The Kier molecular flexibility index (Phi) is 4.55. The number of fused-ring (bicyclic) bond motifs is 1. The SMILES string of the molecule is Nc1c(-c2ccccc2)c2ccc(NC(=O)c3cccc(F)c3)cc2c(=O)n1C1CC1. The van der Waals surface area contributed by atoms with Crippen molar-refractivity contribution >= 4 is 28.2 Å². The van der Waals surface area contributed by atoms with Gasteiger partial charge in [-0.05, 0) is 54.1 Å². The van der Waals surface area contributed by atoms with Crippen LogP contribution in [0.25, 0.3) is 21.9 Å². The van der Waals surface area contributed by atoms with Crippen molar-refractivity contribution in [2.45, 2.75) is 18.9 Å². The summed E-state index contributed by atoms with van der Waals surface area (Å²) in [6.07, 6.45) is 1.83. The van der Waals surface area contributed by atoms with Gasteiger partial charge < -0.3 is 11.1 Å². The van der Waals surface area contributed by atoms with E-state index < -0.39 is 11.7 Å². The summed E-state index contributed by atoms with van der Waals surface area (Å²) in [5, 5.41) is 3.97. The maximum Gasteiger partial charge on any atom is 0.260 e. The van der Waals surface area contributed by atoms with Crippen molar-refractivity contribution in [1.82, 2.24) is 4.57 Å². The van der Waals surface area contributed by atoms with Crippen LogP contribution in [0.3, 0.4) is 0 Å². The predicted molar refractivity (Wildman–Crippen MR) is 121 cm³/mol. The fourth-order valence-electron chi connectivity index (χ4n) is 3.95. The summed E-state index contributed by atoms with van der Waals surface area (Å²) in [5.41, 5.74) is 8.73. The first kappa shape index (κ1) is 19.1. The topological polar surface area (TPSA) is 77.1 Å². The van der Waals surface area contributed by atoms with E-state index in [-0.39, 0.29) is 17.2 Å². The van der Waals surface area contributed by atoms with Crippen LogP contribution in [0.2, 0.25) is 0 Å². The number of amides is 1. The second kappa shape index (κ2) is 7.40. The van der Waals surface area contributed by atoms with Gasteiger partial charge in [-0.2, -0.15) is 0 Å². The number of pyridine rings is 1. The highest BCUT2D eigenvalue weighted by molar-refractivity contribution is 6.07. The Balaban J connectivity index is 1.65. The van der Waals surface area contributed by atoms with Crippen LogP contribution < -0.4 is 16.6 Å². The molecular weight excluding hydrogens is 393 g/mol. The highest BCUT2D eigenvalue weighted by atomic mass is 19.1. The van der Waals surface area contributed by atoms with E-state index in [0.29, 0.717) is 16.9 Å². The monoisotopic (exact) mass is 413 g/mol. The van der Waals surface area contributed by atoms with Crippen molar-refractivity contribution in [3.05, 3.63) is 94.5 Å². The molecule has 4 aromatic rings. The Labute approximate surface area is 177 Å². The van der Waals surface area contributed by atoms with Crippen LogP contribution >= 0.6 is 0 Å². The van der Waals surface area contributed by atoms with Gasteiger partial charge in [0, 0.05) is 22.9 Å². The largest absolute Gasteiger partial charge is 0.384 e. The van der Waals surface area contributed by atoms with Gasteiger partial charge in [0.15, 0.2) is 0 Å². The molecule has 3 N–H and O–H groups in total. The molecule has 1 saturated carbocycles. The highest BCUT2D eigenvalue weighted by Gasteiger charge is 2.29. The van der Waals surface area contributed by atoms with E-state index in [1.54, 1.807) is 22.8 Å². The van der Waals surface area contributed by atoms with Crippen molar-refractivity contribution in [2.75, 3.05) is 11.1 Å². The van der Waals surface area contributed by atoms with E-state index in [1.165, 1.54) is 24.3 Å². The first-order valence-electron chi connectivity index (χ1n) is 10.1. The lowest BCUT2D eigenvalue weighted by atomic mass is 9.98. The Morgan fingerprint density at radius 1 is 0.968 bits per heavy atom. The van der Waals surface area contributed by atoms with Crippen molar-refractivity contribution in [1.29, 1.82) is 0 Å². The molecule has 1 aliphatic carbocycles. The number of nitrogen functional groups attached to an aromatic ring is 1. The summed E-state index contributed by atoms with van der Waals surface area (Å²) in [7, 11) is 0. The maximum absolute atomic E-state index is 13.5. The summed E-state index contributed by atoms with van der Waals surface area (Å²) < 4.78 is 15.1. The lowest BCUT2D eigenvalue weighted by Gasteiger charge is -2.17. The summed E-state index contributed by atoms with van der Waals surface area (Å²) in [5.74, 6) is -0.468. The van der Waals surface area contributed by atoms with Crippen LogP contribution in [0.5, 0.6) is 0 Å².